The maximum atomic E-state index is 12.4. The Hall–Kier alpha value is -2.21. The van der Waals surface area contributed by atoms with Crippen LogP contribution in [0.1, 0.15) is 56.6 Å². The highest BCUT2D eigenvalue weighted by Crippen LogP contribution is 2.32. The summed E-state index contributed by atoms with van der Waals surface area (Å²) in [4.78, 5) is 23.3. The second kappa shape index (κ2) is 8.94. The first kappa shape index (κ1) is 18.6. The number of nitrogen functional groups attached to an aromatic ring is 1. The first-order valence-electron chi connectivity index (χ1n) is 9.69. The molecule has 4 N–H and O–H groups in total. The lowest BCUT2D eigenvalue weighted by Crippen LogP contribution is -2.38. The number of benzene rings is 1. The minimum absolute atomic E-state index is 0.281. The Morgan fingerprint density at radius 3 is 2.58 bits per heavy atom. The van der Waals surface area contributed by atoms with Crippen molar-refractivity contribution in [2.75, 3.05) is 25.4 Å². The number of likely N-dealkylation sites (tertiary alicyclic amines) is 1. The van der Waals surface area contributed by atoms with E-state index in [0.717, 1.165) is 74.8 Å². The molecule has 1 aromatic carbocycles. The van der Waals surface area contributed by atoms with Crippen molar-refractivity contribution in [3.8, 4) is 0 Å². The van der Waals surface area contributed by atoms with Gasteiger partial charge in [0.05, 0.1) is 11.2 Å². The molecular weight excluding hydrogens is 326 g/mol. The first-order valence-corrected chi connectivity index (χ1v) is 9.69. The summed E-state index contributed by atoms with van der Waals surface area (Å²) in [6, 6.07) is 8.01. The van der Waals surface area contributed by atoms with Gasteiger partial charge in [0, 0.05) is 30.8 Å². The predicted molar refractivity (Wildman–Crippen MR) is 105 cm³/mol. The van der Waals surface area contributed by atoms with Gasteiger partial charge >= 0.3 is 0 Å². The lowest BCUT2D eigenvalue weighted by Gasteiger charge is -2.32. The first-order chi connectivity index (χ1) is 12.7. The van der Waals surface area contributed by atoms with Crippen molar-refractivity contribution in [1.82, 2.24) is 14.9 Å². The summed E-state index contributed by atoms with van der Waals surface area (Å²) in [6.07, 6.45) is 6.73. The minimum Gasteiger partial charge on any atom is -0.368 e. The van der Waals surface area contributed by atoms with E-state index in [9.17, 15) is 4.79 Å². The summed E-state index contributed by atoms with van der Waals surface area (Å²) in [5.74, 6) is 0.941. The maximum absolute atomic E-state index is 12.4. The number of hydrogen-bond acceptors (Lipinski definition) is 5. The van der Waals surface area contributed by atoms with Crippen LogP contribution in [-0.2, 0) is 4.79 Å². The number of fused-ring (bicyclic) bond motifs is 1. The summed E-state index contributed by atoms with van der Waals surface area (Å²) in [5, 5.41) is 1.08. The molecule has 1 amide bonds. The zero-order valence-corrected chi connectivity index (χ0v) is 15.4. The number of aromatic nitrogens is 2. The highest BCUT2D eigenvalue weighted by atomic mass is 16.2. The molecule has 0 saturated carbocycles. The van der Waals surface area contributed by atoms with Crippen molar-refractivity contribution < 1.29 is 4.79 Å². The highest BCUT2D eigenvalue weighted by molar-refractivity contribution is 5.82. The molecule has 1 aliphatic heterocycles. The topological polar surface area (TPSA) is 98.1 Å². The quantitative estimate of drug-likeness (QED) is 0.744. The number of piperidine rings is 1. The number of nitrogens with zero attached hydrogens (tertiary/aromatic N) is 3. The fourth-order valence-electron chi connectivity index (χ4n) is 3.77. The van der Waals surface area contributed by atoms with Gasteiger partial charge in [0.15, 0.2) is 0 Å². The summed E-state index contributed by atoms with van der Waals surface area (Å²) in [7, 11) is 0. The fraction of sp³-hybridized carbons (Fsp3) is 0.550. The molecule has 0 radical (unpaired) electrons. The van der Waals surface area contributed by atoms with Gasteiger partial charge in [-0.1, -0.05) is 31.0 Å². The molecule has 2 aromatic rings. The number of hydrogen-bond donors (Lipinski definition) is 2. The van der Waals surface area contributed by atoms with Crippen molar-refractivity contribution in [1.29, 1.82) is 0 Å². The number of para-hydroxylation sites is 1. The van der Waals surface area contributed by atoms with Crippen molar-refractivity contribution in [2.24, 2.45) is 5.73 Å². The van der Waals surface area contributed by atoms with E-state index in [1.54, 1.807) is 0 Å². The van der Waals surface area contributed by atoms with Crippen LogP contribution in [0.5, 0.6) is 0 Å². The van der Waals surface area contributed by atoms with E-state index in [0.29, 0.717) is 18.3 Å². The molecule has 0 unspecified atom stereocenters. The summed E-state index contributed by atoms with van der Waals surface area (Å²) < 4.78 is 0. The molecule has 0 aliphatic carbocycles. The summed E-state index contributed by atoms with van der Waals surface area (Å²) >= 11 is 0. The minimum atomic E-state index is 0.281. The Kier molecular flexibility index (Phi) is 6.39. The summed E-state index contributed by atoms with van der Waals surface area (Å²) in [5.41, 5.74) is 13.3. The smallest absolute Gasteiger partial charge is 0.222 e. The number of carbonyl (C=O) groups excluding carboxylic acids is 1. The van der Waals surface area contributed by atoms with Crippen molar-refractivity contribution in [3.63, 3.8) is 0 Å². The third kappa shape index (κ3) is 4.49. The maximum Gasteiger partial charge on any atom is 0.222 e. The van der Waals surface area contributed by atoms with E-state index in [4.69, 9.17) is 11.5 Å². The Balaban J connectivity index is 1.56. The van der Waals surface area contributed by atoms with Crippen LogP contribution < -0.4 is 11.5 Å². The van der Waals surface area contributed by atoms with Crippen molar-refractivity contribution in [3.05, 3.63) is 30.0 Å². The highest BCUT2D eigenvalue weighted by Gasteiger charge is 2.26. The molecule has 6 heteroatoms. The van der Waals surface area contributed by atoms with Gasteiger partial charge in [0.1, 0.15) is 0 Å². The number of unbranched alkanes of at least 4 members (excludes halogenated alkanes) is 3. The molecule has 3 rings (SSSR count). The van der Waals surface area contributed by atoms with Gasteiger partial charge in [-0.05, 0) is 38.3 Å². The second-order valence-electron chi connectivity index (χ2n) is 7.09. The van der Waals surface area contributed by atoms with Gasteiger partial charge in [-0.25, -0.2) is 9.97 Å². The Labute approximate surface area is 155 Å². The monoisotopic (exact) mass is 355 g/mol. The number of amides is 1. The van der Waals surface area contributed by atoms with Crippen LogP contribution >= 0.6 is 0 Å². The molecule has 1 fully saturated rings. The standard InChI is InChI=1S/C20H29N5O/c21-12-6-2-1-3-9-18(26)25-13-10-15(11-14-25)19-16-7-4-5-8-17(16)23-20(22)24-19/h4-5,7-8,15H,1-3,6,9-14,21H2,(H2,22,23,24). The lowest BCUT2D eigenvalue weighted by atomic mass is 9.90. The lowest BCUT2D eigenvalue weighted by molar-refractivity contribution is -0.132. The van der Waals surface area contributed by atoms with Gasteiger partial charge < -0.3 is 16.4 Å². The van der Waals surface area contributed by atoms with Crippen molar-refractivity contribution >= 4 is 22.8 Å². The van der Waals surface area contributed by atoms with E-state index < -0.39 is 0 Å². The molecule has 1 aliphatic rings. The number of carbonyl (C=O) groups is 1. The van der Waals surface area contributed by atoms with Crippen molar-refractivity contribution in [2.45, 2.75) is 50.9 Å². The zero-order chi connectivity index (χ0) is 18.4. The fourth-order valence-corrected chi connectivity index (χ4v) is 3.77. The average molecular weight is 355 g/mol. The van der Waals surface area contributed by atoms with Crippen LogP contribution in [0.4, 0.5) is 5.95 Å². The third-order valence-corrected chi connectivity index (χ3v) is 5.23. The summed E-state index contributed by atoms with van der Waals surface area (Å²) in [6.45, 7) is 2.33. The van der Waals surface area contributed by atoms with Crippen LogP contribution in [0.25, 0.3) is 10.9 Å². The van der Waals surface area contributed by atoms with Gasteiger partial charge in [-0.2, -0.15) is 0 Å². The van der Waals surface area contributed by atoms with E-state index in [1.807, 2.05) is 23.1 Å². The van der Waals surface area contributed by atoms with Gasteiger partial charge in [0.2, 0.25) is 11.9 Å². The van der Waals surface area contributed by atoms with E-state index in [2.05, 4.69) is 16.0 Å². The largest absolute Gasteiger partial charge is 0.368 e. The van der Waals surface area contributed by atoms with E-state index >= 15 is 0 Å². The predicted octanol–water partition coefficient (Wildman–Crippen LogP) is 2.83. The van der Waals surface area contributed by atoms with Crippen LogP contribution in [0.3, 0.4) is 0 Å². The zero-order valence-electron chi connectivity index (χ0n) is 15.4. The molecule has 6 nitrogen and oxygen atoms in total. The second-order valence-corrected chi connectivity index (χ2v) is 7.09. The molecule has 140 valence electrons. The van der Waals surface area contributed by atoms with Gasteiger partial charge in [-0.15, -0.1) is 0 Å². The molecule has 0 atom stereocenters. The molecule has 0 bridgehead atoms. The number of nitrogens with two attached hydrogens (primary N) is 2. The van der Waals surface area contributed by atoms with E-state index in [1.165, 1.54) is 0 Å². The SMILES string of the molecule is NCCCCCCC(=O)N1CCC(c2nc(N)nc3ccccc23)CC1. The molecule has 0 spiro atoms. The number of rotatable bonds is 7. The molecule has 26 heavy (non-hydrogen) atoms. The Morgan fingerprint density at radius 2 is 1.81 bits per heavy atom. The van der Waals surface area contributed by atoms with Crippen LogP contribution in [0.2, 0.25) is 0 Å². The molecule has 1 saturated heterocycles. The van der Waals surface area contributed by atoms with Gasteiger partial charge in [0.25, 0.3) is 0 Å². The average Bonchev–Trinajstić information content (AvgIpc) is 2.67. The van der Waals surface area contributed by atoms with Crippen LogP contribution in [0.15, 0.2) is 24.3 Å². The Bertz CT molecular complexity index is 740. The molecule has 2 heterocycles. The normalized spacial score (nSPS) is 15.5. The molecule has 1 aromatic heterocycles. The molecular formula is C20H29N5O. The van der Waals surface area contributed by atoms with Crippen LogP contribution in [0, 0.1) is 0 Å². The Morgan fingerprint density at radius 1 is 1.08 bits per heavy atom. The van der Waals surface area contributed by atoms with Gasteiger partial charge in [-0.3, -0.25) is 4.79 Å². The number of anilines is 1. The van der Waals surface area contributed by atoms with E-state index in [-0.39, 0.29) is 5.91 Å². The van der Waals surface area contributed by atoms with Crippen LogP contribution in [-0.4, -0.2) is 40.4 Å². The third-order valence-electron chi connectivity index (χ3n) is 5.23.